The third-order valence-electron chi connectivity index (χ3n) is 6.19. The molecule has 170 valence electrons. The lowest BCUT2D eigenvalue weighted by molar-refractivity contribution is 0.0350. The molecular formula is C27H23FN4O2. The zero-order valence-corrected chi connectivity index (χ0v) is 18.9. The second kappa shape index (κ2) is 7.88. The summed E-state index contributed by atoms with van der Waals surface area (Å²) in [6, 6.07) is 18.2. The van der Waals surface area contributed by atoms with Gasteiger partial charge in [-0.1, -0.05) is 30.3 Å². The van der Waals surface area contributed by atoms with E-state index in [4.69, 9.17) is 19.2 Å². The molecule has 4 heterocycles. The normalized spacial score (nSPS) is 17.4. The molecular weight excluding hydrogens is 431 g/mol. The first-order valence-electron chi connectivity index (χ1n) is 11.3. The van der Waals surface area contributed by atoms with Gasteiger partial charge in [0.2, 0.25) is 5.71 Å². The van der Waals surface area contributed by atoms with Gasteiger partial charge in [0.05, 0.1) is 29.2 Å². The van der Waals surface area contributed by atoms with Gasteiger partial charge in [0.25, 0.3) is 0 Å². The van der Waals surface area contributed by atoms with Gasteiger partial charge in [0.15, 0.2) is 5.82 Å². The van der Waals surface area contributed by atoms with Crippen LogP contribution in [0.5, 0.6) is 0 Å². The van der Waals surface area contributed by atoms with Crippen molar-refractivity contribution in [2.24, 2.45) is 0 Å². The molecule has 1 fully saturated rings. The van der Waals surface area contributed by atoms with Crippen LogP contribution in [0.15, 0.2) is 77.5 Å². The summed E-state index contributed by atoms with van der Waals surface area (Å²) in [7, 11) is 0. The van der Waals surface area contributed by atoms with Gasteiger partial charge in [-0.05, 0) is 44.2 Å². The van der Waals surface area contributed by atoms with Gasteiger partial charge in [-0.25, -0.2) is 9.37 Å². The molecule has 6 rings (SSSR count). The van der Waals surface area contributed by atoms with E-state index < -0.39 is 0 Å². The van der Waals surface area contributed by atoms with Gasteiger partial charge < -0.3 is 9.15 Å². The van der Waals surface area contributed by atoms with Gasteiger partial charge >= 0.3 is 0 Å². The Hall–Kier alpha value is -3.84. The topological polar surface area (TPSA) is 66.0 Å². The second-order valence-corrected chi connectivity index (χ2v) is 9.24. The summed E-state index contributed by atoms with van der Waals surface area (Å²) in [6.45, 7) is 4.74. The smallest absolute Gasteiger partial charge is 0.230 e. The van der Waals surface area contributed by atoms with Crippen LogP contribution in [-0.4, -0.2) is 32.0 Å². The number of aromatic nitrogens is 4. The predicted octanol–water partition coefficient (Wildman–Crippen LogP) is 6.30. The molecule has 5 aromatic rings. The minimum absolute atomic E-state index is 0.0972. The lowest BCUT2D eigenvalue weighted by Gasteiger charge is -2.15. The van der Waals surface area contributed by atoms with Crippen LogP contribution in [-0.2, 0) is 4.74 Å². The standard InChI is InChI=1S/C27H23FN4O2/c1-27(2)13-21(16-33-27)32-15-22(24(31-32)18-8-10-20(28)11-9-18)25-29-14-19-12-23(34-26(19)30-25)17-6-4-3-5-7-17/h3-12,14-15,21H,13,16H2,1-2H3/t21-/m1/s1. The van der Waals surface area contributed by atoms with Crippen LogP contribution < -0.4 is 0 Å². The minimum atomic E-state index is -0.294. The monoisotopic (exact) mass is 454 g/mol. The zero-order chi connectivity index (χ0) is 23.3. The Morgan fingerprint density at radius 3 is 2.56 bits per heavy atom. The first-order chi connectivity index (χ1) is 16.4. The van der Waals surface area contributed by atoms with E-state index in [9.17, 15) is 4.39 Å². The van der Waals surface area contributed by atoms with Crippen molar-refractivity contribution < 1.29 is 13.5 Å². The first kappa shape index (κ1) is 20.7. The molecule has 1 aliphatic heterocycles. The summed E-state index contributed by atoms with van der Waals surface area (Å²) < 4.78 is 27.5. The van der Waals surface area contributed by atoms with Crippen molar-refractivity contribution in [3.8, 4) is 34.0 Å². The van der Waals surface area contributed by atoms with E-state index in [-0.39, 0.29) is 17.5 Å². The van der Waals surface area contributed by atoms with Crippen LogP contribution in [0.1, 0.15) is 26.3 Å². The molecule has 2 aromatic carbocycles. The number of halogens is 1. The van der Waals surface area contributed by atoms with Crippen molar-refractivity contribution in [3.05, 3.63) is 78.9 Å². The third kappa shape index (κ3) is 3.78. The number of benzene rings is 2. The molecule has 0 radical (unpaired) electrons. The highest BCUT2D eigenvalue weighted by Crippen LogP contribution is 2.36. The van der Waals surface area contributed by atoms with Crippen molar-refractivity contribution in [1.29, 1.82) is 0 Å². The maximum atomic E-state index is 13.6. The summed E-state index contributed by atoms with van der Waals surface area (Å²) in [5, 5.41) is 5.69. The van der Waals surface area contributed by atoms with Crippen LogP contribution in [0, 0.1) is 5.82 Å². The lowest BCUT2D eigenvalue weighted by atomic mass is 10.0. The average Bonchev–Trinajstić information content (AvgIpc) is 3.56. The molecule has 1 aliphatic rings. The van der Waals surface area contributed by atoms with Gasteiger partial charge in [-0.3, -0.25) is 4.68 Å². The number of rotatable bonds is 4. The number of nitrogens with zero attached hydrogens (tertiary/aromatic N) is 4. The van der Waals surface area contributed by atoms with Gasteiger partial charge in [0.1, 0.15) is 17.3 Å². The number of fused-ring (bicyclic) bond motifs is 1. The molecule has 0 bridgehead atoms. The fourth-order valence-corrected chi connectivity index (χ4v) is 4.45. The zero-order valence-electron chi connectivity index (χ0n) is 18.9. The van der Waals surface area contributed by atoms with E-state index in [1.54, 1.807) is 18.3 Å². The highest BCUT2D eigenvalue weighted by atomic mass is 19.1. The van der Waals surface area contributed by atoms with Crippen LogP contribution >= 0.6 is 0 Å². The molecule has 34 heavy (non-hydrogen) atoms. The number of ether oxygens (including phenoxy) is 1. The summed E-state index contributed by atoms with van der Waals surface area (Å²) in [5.41, 5.74) is 3.53. The summed E-state index contributed by atoms with van der Waals surface area (Å²) in [4.78, 5) is 9.35. The molecule has 0 aliphatic carbocycles. The van der Waals surface area contributed by atoms with E-state index >= 15 is 0 Å². The molecule has 0 N–H and O–H groups in total. The van der Waals surface area contributed by atoms with Crippen molar-refractivity contribution in [2.45, 2.75) is 31.9 Å². The predicted molar refractivity (Wildman–Crippen MR) is 128 cm³/mol. The van der Waals surface area contributed by atoms with E-state index in [2.05, 4.69) is 18.8 Å². The number of hydrogen-bond donors (Lipinski definition) is 0. The van der Waals surface area contributed by atoms with Gasteiger partial charge in [-0.2, -0.15) is 10.1 Å². The van der Waals surface area contributed by atoms with Crippen molar-refractivity contribution in [1.82, 2.24) is 19.7 Å². The Balaban J connectivity index is 1.45. The summed E-state index contributed by atoms with van der Waals surface area (Å²) in [6.07, 6.45) is 4.56. The van der Waals surface area contributed by atoms with E-state index in [1.807, 2.05) is 47.3 Å². The number of furan rings is 1. The average molecular weight is 455 g/mol. The first-order valence-corrected chi connectivity index (χ1v) is 11.3. The van der Waals surface area contributed by atoms with E-state index in [1.165, 1.54) is 12.1 Å². The maximum Gasteiger partial charge on any atom is 0.230 e. The SMILES string of the molecule is CC1(C)C[C@@H](n2cc(-c3ncc4cc(-c5ccccc5)oc4n3)c(-c3ccc(F)cc3)n2)CO1. The fourth-order valence-electron chi connectivity index (χ4n) is 4.45. The van der Waals surface area contributed by atoms with Crippen LogP contribution in [0.25, 0.3) is 45.1 Å². The highest BCUT2D eigenvalue weighted by Gasteiger charge is 2.34. The Kier molecular flexibility index (Phi) is 4.81. The molecule has 6 nitrogen and oxygen atoms in total. The minimum Gasteiger partial charge on any atom is -0.438 e. The number of hydrogen-bond acceptors (Lipinski definition) is 5. The van der Waals surface area contributed by atoms with Crippen LogP contribution in [0.3, 0.4) is 0 Å². The van der Waals surface area contributed by atoms with Crippen LogP contribution in [0.2, 0.25) is 0 Å². The van der Waals surface area contributed by atoms with Crippen LogP contribution in [0.4, 0.5) is 4.39 Å². The van der Waals surface area contributed by atoms with Crippen molar-refractivity contribution in [2.75, 3.05) is 6.61 Å². The van der Waals surface area contributed by atoms with Crippen molar-refractivity contribution in [3.63, 3.8) is 0 Å². The highest BCUT2D eigenvalue weighted by molar-refractivity contribution is 5.83. The summed E-state index contributed by atoms with van der Waals surface area (Å²) in [5.74, 6) is 0.949. The molecule has 1 atom stereocenters. The Labute approximate surface area is 196 Å². The third-order valence-corrected chi connectivity index (χ3v) is 6.19. The van der Waals surface area contributed by atoms with E-state index in [0.29, 0.717) is 23.8 Å². The molecule has 7 heteroatoms. The Morgan fingerprint density at radius 2 is 1.82 bits per heavy atom. The van der Waals surface area contributed by atoms with Gasteiger partial charge in [0, 0.05) is 29.9 Å². The molecule has 1 saturated heterocycles. The maximum absolute atomic E-state index is 13.6. The lowest BCUT2D eigenvalue weighted by Crippen LogP contribution is -2.17. The summed E-state index contributed by atoms with van der Waals surface area (Å²) >= 11 is 0. The Bertz CT molecular complexity index is 1470. The second-order valence-electron chi connectivity index (χ2n) is 9.24. The molecule has 0 saturated carbocycles. The van der Waals surface area contributed by atoms with Crippen molar-refractivity contribution >= 4 is 11.1 Å². The van der Waals surface area contributed by atoms with Gasteiger partial charge in [-0.15, -0.1) is 0 Å². The van der Waals surface area contributed by atoms with E-state index in [0.717, 1.165) is 34.3 Å². The molecule has 0 amide bonds. The molecule has 0 unspecified atom stereocenters. The quantitative estimate of drug-likeness (QED) is 0.319. The largest absolute Gasteiger partial charge is 0.438 e. The Morgan fingerprint density at radius 1 is 1.03 bits per heavy atom. The molecule has 0 spiro atoms. The fraction of sp³-hybridized carbons (Fsp3) is 0.222. The molecule has 3 aromatic heterocycles.